The van der Waals surface area contributed by atoms with E-state index in [1.54, 1.807) is 0 Å². The number of aromatic nitrogens is 3. The molecule has 8 heteroatoms. The monoisotopic (exact) mass is 439 g/mol. The Kier molecular flexibility index (Phi) is 6.05. The third-order valence-corrected chi connectivity index (χ3v) is 10.7. The van der Waals surface area contributed by atoms with E-state index in [0.29, 0.717) is 13.2 Å². The van der Waals surface area contributed by atoms with Gasteiger partial charge in [-0.3, -0.25) is 0 Å². The standard InChI is InChI=1S/C23H33N5O2Si/c1-23(2,3)31(4,5)30-16-17-12-18-14-19(13-17)29-11-9-24-7-8-25-21-6-10-28-22(27-21)20(18)15-26-28/h6,10,12-15,24H,7-9,11,16H2,1-5H3,(H,25,27). The first-order chi connectivity index (χ1) is 14.7. The molecule has 0 fully saturated rings. The molecule has 1 aliphatic rings. The normalized spacial score (nSPS) is 15.4. The Hall–Kier alpha value is -2.42. The minimum absolute atomic E-state index is 0.166. The van der Waals surface area contributed by atoms with Crippen LogP contribution in [0.1, 0.15) is 26.3 Å². The van der Waals surface area contributed by atoms with Gasteiger partial charge in [0.1, 0.15) is 18.2 Å². The SMILES string of the molecule is CC(C)(C)[Si](C)(C)OCc1cc2cc(c1)-c1cnn3ccc(nc13)NCCNCCO2. The molecule has 3 heterocycles. The number of nitrogens with one attached hydrogen (secondary N) is 2. The van der Waals surface area contributed by atoms with Gasteiger partial charge in [0.25, 0.3) is 0 Å². The molecule has 0 unspecified atom stereocenters. The topological polar surface area (TPSA) is 72.7 Å². The van der Waals surface area contributed by atoms with Crippen LogP contribution >= 0.6 is 0 Å². The van der Waals surface area contributed by atoms with Gasteiger partial charge in [-0.05, 0) is 53.5 Å². The first-order valence-electron chi connectivity index (χ1n) is 10.9. The molecule has 0 amide bonds. The molecule has 7 nitrogen and oxygen atoms in total. The van der Waals surface area contributed by atoms with Crippen molar-refractivity contribution in [2.75, 3.05) is 31.6 Å². The highest BCUT2D eigenvalue weighted by molar-refractivity contribution is 6.74. The zero-order valence-corrected chi connectivity index (χ0v) is 20.2. The molecule has 0 spiro atoms. The molecule has 4 bridgehead atoms. The number of anilines is 1. The van der Waals surface area contributed by atoms with Crippen LogP contribution in [0.5, 0.6) is 5.75 Å². The van der Waals surface area contributed by atoms with Crippen LogP contribution in [0.2, 0.25) is 18.1 Å². The minimum atomic E-state index is -1.86. The van der Waals surface area contributed by atoms with E-state index in [0.717, 1.165) is 53.5 Å². The summed E-state index contributed by atoms with van der Waals surface area (Å²) >= 11 is 0. The van der Waals surface area contributed by atoms with Crippen LogP contribution in [0, 0.1) is 0 Å². The van der Waals surface area contributed by atoms with Gasteiger partial charge in [-0.1, -0.05) is 20.8 Å². The second kappa shape index (κ2) is 8.61. The van der Waals surface area contributed by atoms with E-state index in [2.05, 4.69) is 67.8 Å². The van der Waals surface area contributed by atoms with Crippen molar-refractivity contribution < 1.29 is 9.16 Å². The van der Waals surface area contributed by atoms with E-state index in [1.807, 2.05) is 23.0 Å². The summed E-state index contributed by atoms with van der Waals surface area (Å²) in [6, 6.07) is 8.28. The first kappa shape index (κ1) is 21.8. The summed E-state index contributed by atoms with van der Waals surface area (Å²) in [5, 5.41) is 11.4. The summed E-state index contributed by atoms with van der Waals surface area (Å²) in [6.07, 6.45) is 3.81. The van der Waals surface area contributed by atoms with Crippen molar-refractivity contribution in [3.8, 4) is 16.9 Å². The van der Waals surface area contributed by atoms with Gasteiger partial charge >= 0.3 is 0 Å². The molecule has 0 saturated carbocycles. The minimum Gasteiger partial charge on any atom is -0.492 e. The Bertz CT molecular complexity index is 1060. The van der Waals surface area contributed by atoms with Crippen LogP contribution in [-0.4, -0.2) is 49.2 Å². The number of ether oxygens (including phenoxy) is 1. The molecule has 3 aromatic rings. The van der Waals surface area contributed by atoms with Crippen molar-refractivity contribution >= 4 is 19.8 Å². The highest BCUT2D eigenvalue weighted by Gasteiger charge is 2.37. The van der Waals surface area contributed by atoms with Gasteiger partial charge in [-0.15, -0.1) is 0 Å². The van der Waals surface area contributed by atoms with Crippen molar-refractivity contribution in [3.05, 3.63) is 42.2 Å². The molecule has 4 rings (SSSR count). The fraction of sp³-hybridized carbons (Fsp3) is 0.478. The Morgan fingerprint density at radius 3 is 2.81 bits per heavy atom. The number of rotatable bonds is 3. The van der Waals surface area contributed by atoms with Gasteiger partial charge in [-0.25, -0.2) is 9.50 Å². The van der Waals surface area contributed by atoms with Gasteiger partial charge < -0.3 is 19.8 Å². The van der Waals surface area contributed by atoms with Crippen molar-refractivity contribution in [3.63, 3.8) is 0 Å². The average Bonchev–Trinajstić information content (AvgIpc) is 3.13. The maximum Gasteiger partial charge on any atom is 0.192 e. The van der Waals surface area contributed by atoms with Gasteiger partial charge in [0.15, 0.2) is 14.0 Å². The Morgan fingerprint density at radius 2 is 2.00 bits per heavy atom. The lowest BCUT2D eigenvalue weighted by molar-refractivity contribution is 0.274. The molecule has 166 valence electrons. The van der Waals surface area contributed by atoms with E-state index in [4.69, 9.17) is 14.1 Å². The Morgan fingerprint density at radius 1 is 1.16 bits per heavy atom. The Balaban J connectivity index is 1.72. The van der Waals surface area contributed by atoms with Gasteiger partial charge in [0.05, 0.1) is 12.8 Å². The molecule has 0 aliphatic carbocycles. The molecule has 0 saturated heterocycles. The van der Waals surface area contributed by atoms with E-state index in [1.165, 1.54) is 0 Å². The van der Waals surface area contributed by atoms with Gasteiger partial charge in [0, 0.05) is 31.4 Å². The van der Waals surface area contributed by atoms with Crippen molar-refractivity contribution in [2.45, 2.75) is 45.5 Å². The van der Waals surface area contributed by atoms with Crippen molar-refractivity contribution in [2.24, 2.45) is 0 Å². The van der Waals surface area contributed by atoms with Gasteiger partial charge in [-0.2, -0.15) is 5.10 Å². The zero-order valence-electron chi connectivity index (χ0n) is 19.2. The lowest BCUT2D eigenvalue weighted by Gasteiger charge is -2.36. The van der Waals surface area contributed by atoms with E-state index in [-0.39, 0.29) is 5.04 Å². The molecular weight excluding hydrogens is 406 g/mol. The van der Waals surface area contributed by atoms with Crippen LogP contribution in [-0.2, 0) is 11.0 Å². The molecule has 2 aromatic heterocycles. The summed E-state index contributed by atoms with van der Waals surface area (Å²) < 4.78 is 14.4. The summed E-state index contributed by atoms with van der Waals surface area (Å²) in [6.45, 7) is 14.9. The molecular formula is C23H33N5O2Si. The largest absolute Gasteiger partial charge is 0.492 e. The second-order valence-corrected chi connectivity index (χ2v) is 14.4. The lowest BCUT2D eigenvalue weighted by atomic mass is 10.1. The zero-order chi connectivity index (χ0) is 22.1. The van der Waals surface area contributed by atoms with E-state index < -0.39 is 8.32 Å². The van der Waals surface area contributed by atoms with Crippen LogP contribution in [0.15, 0.2) is 36.7 Å². The van der Waals surface area contributed by atoms with Crippen LogP contribution in [0.25, 0.3) is 16.8 Å². The smallest absolute Gasteiger partial charge is 0.192 e. The average molecular weight is 440 g/mol. The maximum absolute atomic E-state index is 6.49. The Labute approximate surface area is 185 Å². The third kappa shape index (κ3) is 4.92. The fourth-order valence-corrected chi connectivity index (χ4v) is 4.24. The third-order valence-electron chi connectivity index (χ3n) is 6.21. The van der Waals surface area contributed by atoms with Crippen LogP contribution < -0.4 is 15.4 Å². The number of nitrogens with zero attached hydrogens (tertiary/aromatic N) is 3. The van der Waals surface area contributed by atoms with Crippen molar-refractivity contribution in [1.29, 1.82) is 0 Å². The molecule has 31 heavy (non-hydrogen) atoms. The highest BCUT2D eigenvalue weighted by Crippen LogP contribution is 2.37. The summed E-state index contributed by atoms with van der Waals surface area (Å²) in [5.74, 6) is 1.70. The number of hydrogen-bond donors (Lipinski definition) is 2. The molecule has 2 N–H and O–H groups in total. The first-order valence-corrected chi connectivity index (χ1v) is 13.8. The number of benzene rings is 1. The quantitative estimate of drug-likeness (QED) is 0.593. The van der Waals surface area contributed by atoms with Gasteiger partial charge in [0.2, 0.25) is 0 Å². The molecule has 1 aromatic carbocycles. The molecule has 1 aliphatic heterocycles. The number of fused-ring (bicyclic) bond motifs is 4. The molecule has 0 radical (unpaired) electrons. The maximum atomic E-state index is 6.49. The van der Waals surface area contributed by atoms with Crippen molar-refractivity contribution in [1.82, 2.24) is 19.9 Å². The predicted molar refractivity (Wildman–Crippen MR) is 127 cm³/mol. The molecule has 0 atom stereocenters. The predicted octanol–water partition coefficient (Wildman–Crippen LogP) is 4.31. The van der Waals surface area contributed by atoms with Crippen LogP contribution in [0.3, 0.4) is 0 Å². The van der Waals surface area contributed by atoms with E-state index >= 15 is 0 Å². The second-order valence-electron chi connectivity index (χ2n) is 9.58. The fourth-order valence-electron chi connectivity index (χ4n) is 3.28. The highest BCUT2D eigenvalue weighted by atomic mass is 28.4. The van der Waals surface area contributed by atoms with E-state index in [9.17, 15) is 0 Å². The summed E-state index contributed by atoms with van der Waals surface area (Å²) in [4.78, 5) is 4.80. The van der Waals surface area contributed by atoms with Crippen LogP contribution in [0.4, 0.5) is 5.82 Å². The lowest BCUT2D eigenvalue weighted by Crippen LogP contribution is -2.40. The summed E-state index contributed by atoms with van der Waals surface area (Å²) in [5.41, 5.74) is 3.95. The summed E-state index contributed by atoms with van der Waals surface area (Å²) in [7, 11) is -1.86. The number of hydrogen-bond acceptors (Lipinski definition) is 6.